The van der Waals surface area contributed by atoms with Crippen molar-refractivity contribution in [1.29, 1.82) is 0 Å². The minimum absolute atomic E-state index is 0.142. The average Bonchev–Trinajstić information content (AvgIpc) is 2.74. The number of hydrogen-bond donors (Lipinski definition) is 2. The number of H-pyrrole nitrogens is 1. The van der Waals surface area contributed by atoms with Gasteiger partial charge in [0.25, 0.3) is 0 Å². The summed E-state index contributed by atoms with van der Waals surface area (Å²) in [6.07, 6.45) is 1.50. The number of aromatic nitrogens is 2. The standard InChI is InChI=1S/C11H12N2O2/c1-8(9-6-7-12-13-9)15-11-5-3-2-4-10(11)14/h2-8,14H,1H3,(H,12,13). The van der Waals surface area contributed by atoms with Gasteiger partial charge in [-0.3, -0.25) is 5.10 Å². The van der Waals surface area contributed by atoms with Gasteiger partial charge in [-0.05, 0) is 25.1 Å². The lowest BCUT2D eigenvalue weighted by atomic mass is 10.2. The molecule has 15 heavy (non-hydrogen) atoms. The van der Waals surface area contributed by atoms with Crippen molar-refractivity contribution in [2.45, 2.75) is 13.0 Å². The number of benzene rings is 1. The van der Waals surface area contributed by atoms with Crippen LogP contribution in [0.25, 0.3) is 0 Å². The molecular formula is C11H12N2O2. The molecule has 1 heterocycles. The van der Waals surface area contributed by atoms with Crippen LogP contribution in [0.1, 0.15) is 18.7 Å². The predicted octanol–water partition coefficient (Wildman–Crippen LogP) is 2.26. The zero-order chi connectivity index (χ0) is 10.7. The predicted molar refractivity (Wildman–Crippen MR) is 55.7 cm³/mol. The van der Waals surface area contributed by atoms with Crippen molar-refractivity contribution in [3.05, 3.63) is 42.2 Å². The number of aromatic hydroxyl groups is 1. The lowest BCUT2D eigenvalue weighted by Gasteiger charge is -2.13. The molecule has 1 aromatic carbocycles. The zero-order valence-electron chi connectivity index (χ0n) is 8.34. The van der Waals surface area contributed by atoms with Crippen LogP contribution in [0.2, 0.25) is 0 Å². The highest BCUT2D eigenvalue weighted by molar-refractivity contribution is 5.38. The van der Waals surface area contributed by atoms with Gasteiger partial charge in [0.1, 0.15) is 6.10 Å². The number of nitrogens with one attached hydrogen (secondary N) is 1. The summed E-state index contributed by atoms with van der Waals surface area (Å²) in [7, 11) is 0. The van der Waals surface area contributed by atoms with Crippen LogP contribution in [0.4, 0.5) is 0 Å². The second-order valence-corrected chi connectivity index (χ2v) is 3.24. The summed E-state index contributed by atoms with van der Waals surface area (Å²) >= 11 is 0. The third-order valence-corrected chi connectivity index (χ3v) is 2.13. The average molecular weight is 204 g/mol. The van der Waals surface area contributed by atoms with E-state index in [0.717, 1.165) is 5.69 Å². The van der Waals surface area contributed by atoms with E-state index < -0.39 is 0 Å². The first-order valence-corrected chi connectivity index (χ1v) is 4.71. The van der Waals surface area contributed by atoms with Crippen LogP contribution in [-0.2, 0) is 0 Å². The molecule has 2 N–H and O–H groups in total. The first-order chi connectivity index (χ1) is 7.27. The summed E-state index contributed by atoms with van der Waals surface area (Å²) in [5.41, 5.74) is 0.873. The Bertz CT molecular complexity index is 426. The van der Waals surface area contributed by atoms with Gasteiger partial charge in [0, 0.05) is 6.20 Å². The molecule has 4 nitrogen and oxygen atoms in total. The van der Waals surface area contributed by atoms with Gasteiger partial charge in [-0.25, -0.2) is 0 Å². The summed E-state index contributed by atoms with van der Waals surface area (Å²) in [5, 5.41) is 16.2. The minimum Gasteiger partial charge on any atom is -0.504 e. The van der Waals surface area contributed by atoms with Crippen LogP contribution < -0.4 is 4.74 Å². The fourth-order valence-corrected chi connectivity index (χ4v) is 1.30. The van der Waals surface area contributed by atoms with E-state index in [1.165, 1.54) is 0 Å². The number of ether oxygens (including phenoxy) is 1. The Labute approximate surface area is 87.5 Å². The van der Waals surface area contributed by atoms with Crippen molar-refractivity contribution in [1.82, 2.24) is 10.2 Å². The summed E-state index contributed by atoms with van der Waals surface area (Å²) in [6, 6.07) is 8.72. The number of para-hydroxylation sites is 2. The van der Waals surface area contributed by atoms with Gasteiger partial charge in [0.2, 0.25) is 0 Å². The molecule has 1 atom stereocenters. The van der Waals surface area contributed by atoms with Gasteiger partial charge in [0.15, 0.2) is 11.5 Å². The van der Waals surface area contributed by atoms with Gasteiger partial charge in [-0.15, -0.1) is 0 Å². The largest absolute Gasteiger partial charge is 0.504 e. The lowest BCUT2D eigenvalue weighted by Crippen LogP contribution is -2.03. The van der Waals surface area contributed by atoms with E-state index in [1.807, 2.05) is 19.1 Å². The van der Waals surface area contributed by atoms with Gasteiger partial charge < -0.3 is 9.84 Å². The van der Waals surface area contributed by atoms with Crippen molar-refractivity contribution in [2.24, 2.45) is 0 Å². The van der Waals surface area contributed by atoms with Crippen molar-refractivity contribution < 1.29 is 9.84 Å². The molecule has 1 unspecified atom stereocenters. The Morgan fingerprint density at radius 3 is 2.80 bits per heavy atom. The number of rotatable bonds is 3. The Balaban J connectivity index is 2.13. The van der Waals surface area contributed by atoms with E-state index in [9.17, 15) is 5.11 Å². The number of aromatic amines is 1. The second-order valence-electron chi connectivity index (χ2n) is 3.24. The van der Waals surface area contributed by atoms with Crippen LogP contribution in [0, 0.1) is 0 Å². The van der Waals surface area contributed by atoms with Gasteiger partial charge in [-0.2, -0.15) is 5.10 Å². The van der Waals surface area contributed by atoms with E-state index in [0.29, 0.717) is 5.75 Å². The Kier molecular flexibility index (Phi) is 2.58. The van der Waals surface area contributed by atoms with E-state index in [2.05, 4.69) is 10.2 Å². The minimum atomic E-state index is -0.166. The van der Waals surface area contributed by atoms with E-state index in [4.69, 9.17) is 4.74 Å². The normalized spacial score (nSPS) is 12.3. The molecule has 0 amide bonds. The second kappa shape index (κ2) is 4.04. The number of phenols is 1. The maximum Gasteiger partial charge on any atom is 0.161 e. The number of nitrogens with zero attached hydrogens (tertiary/aromatic N) is 1. The zero-order valence-corrected chi connectivity index (χ0v) is 8.34. The van der Waals surface area contributed by atoms with E-state index >= 15 is 0 Å². The van der Waals surface area contributed by atoms with Gasteiger partial charge >= 0.3 is 0 Å². The monoisotopic (exact) mass is 204 g/mol. The third-order valence-electron chi connectivity index (χ3n) is 2.13. The highest BCUT2D eigenvalue weighted by Crippen LogP contribution is 2.28. The van der Waals surface area contributed by atoms with Crippen molar-refractivity contribution in [2.75, 3.05) is 0 Å². The van der Waals surface area contributed by atoms with Crippen LogP contribution in [0.3, 0.4) is 0 Å². The molecule has 2 aromatic rings. The summed E-state index contributed by atoms with van der Waals surface area (Å²) < 4.78 is 5.57. The molecular weight excluding hydrogens is 192 g/mol. The Morgan fingerprint density at radius 1 is 1.33 bits per heavy atom. The summed E-state index contributed by atoms with van der Waals surface area (Å²) in [4.78, 5) is 0. The highest BCUT2D eigenvalue weighted by Gasteiger charge is 2.10. The van der Waals surface area contributed by atoms with E-state index in [-0.39, 0.29) is 11.9 Å². The van der Waals surface area contributed by atoms with Crippen molar-refractivity contribution in [3.63, 3.8) is 0 Å². The number of phenolic OH excluding ortho intramolecular Hbond substituents is 1. The summed E-state index contributed by atoms with van der Waals surface area (Å²) in [5.74, 6) is 0.614. The maximum atomic E-state index is 9.51. The smallest absolute Gasteiger partial charge is 0.161 e. The van der Waals surface area contributed by atoms with Crippen molar-refractivity contribution in [3.8, 4) is 11.5 Å². The lowest BCUT2D eigenvalue weighted by molar-refractivity contribution is 0.212. The molecule has 0 aliphatic heterocycles. The number of hydrogen-bond acceptors (Lipinski definition) is 3. The van der Waals surface area contributed by atoms with Gasteiger partial charge in [-0.1, -0.05) is 12.1 Å². The Hall–Kier alpha value is -1.97. The molecule has 0 radical (unpaired) electrons. The van der Waals surface area contributed by atoms with E-state index in [1.54, 1.807) is 24.4 Å². The third kappa shape index (κ3) is 2.10. The first kappa shape index (κ1) is 9.58. The molecule has 1 aromatic heterocycles. The molecule has 0 bridgehead atoms. The van der Waals surface area contributed by atoms with Crippen LogP contribution in [-0.4, -0.2) is 15.3 Å². The molecule has 0 aliphatic carbocycles. The van der Waals surface area contributed by atoms with Crippen LogP contribution >= 0.6 is 0 Å². The quantitative estimate of drug-likeness (QED) is 0.806. The Morgan fingerprint density at radius 2 is 2.13 bits per heavy atom. The van der Waals surface area contributed by atoms with Crippen LogP contribution in [0.5, 0.6) is 11.5 Å². The molecule has 0 saturated heterocycles. The molecule has 0 fully saturated rings. The highest BCUT2D eigenvalue weighted by atomic mass is 16.5. The fourth-order valence-electron chi connectivity index (χ4n) is 1.30. The summed E-state index contributed by atoms with van der Waals surface area (Å²) in [6.45, 7) is 1.89. The maximum absolute atomic E-state index is 9.51. The fraction of sp³-hybridized carbons (Fsp3) is 0.182. The molecule has 78 valence electrons. The SMILES string of the molecule is CC(Oc1ccccc1O)c1ccn[nH]1. The topological polar surface area (TPSA) is 58.1 Å². The van der Waals surface area contributed by atoms with Crippen LogP contribution in [0.15, 0.2) is 36.5 Å². The molecule has 0 spiro atoms. The molecule has 4 heteroatoms. The molecule has 0 aliphatic rings. The first-order valence-electron chi connectivity index (χ1n) is 4.71. The van der Waals surface area contributed by atoms with Crippen molar-refractivity contribution >= 4 is 0 Å². The molecule has 2 rings (SSSR count). The molecule has 0 saturated carbocycles. The van der Waals surface area contributed by atoms with Gasteiger partial charge in [0.05, 0.1) is 5.69 Å².